The third-order valence-electron chi connectivity index (χ3n) is 0.686. The first-order chi connectivity index (χ1) is 3.39. The molecule has 1 fully saturated rings. The monoisotopic (exact) mass is 89.1 g/mol. The van der Waals surface area contributed by atoms with Crippen molar-refractivity contribution in [2.45, 2.75) is 12.8 Å². The van der Waals surface area contributed by atoms with Crippen LogP contribution in [0.4, 0.5) is 0 Å². The minimum absolute atomic E-state index is 0.436. The summed E-state index contributed by atoms with van der Waals surface area (Å²) in [6, 6.07) is 0. The van der Waals surface area contributed by atoms with E-state index in [4.69, 9.17) is 1.37 Å². The quantitative estimate of drug-likeness (QED) is 0.407. The first-order valence-corrected chi connectivity index (χ1v) is 2.10. The molecule has 0 radical (unpaired) electrons. The summed E-state index contributed by atoms with van der Waals surface area (Å²) in [5, 5.41) is 0. The van der Waals surface area contributed by atoms with Gasteiger partial charge in [0, 0.05) is 0 Å². The van der Waals surface area contributed by atoms with Crippen LogP contribution in [0.3, 0.4) is 0 Å². The molecule has 1 unspecified atom stereocenters. The molecule has 0 aromatic rings. The Hall–Kier alpha value is -0.0800. The Morgan fingerprint density at radius 2 is 2.33 bits per heavy atom. The zero-order chi connectivity index (χ0) is 5.11. The minimum Gasteiger partial charge on any atom is -0.237 e. The van der Waals surface area contributed by atoms with Crippen molar-refractivity contribution in [2.75, 3.05) is 13.2 Å². The molecule has 0 N–H and O–H groups in total. The Kier molecular flexibility index (Phi) is 1.08. The molecular formula is C4H8O2. The fourth-order valence-electron chi connectivity index (χ4n) is 0.370. The van der Waals surface area contributed by atoms with Gasteiger partial charge in [-0.2, -0.15) is 0 Å². The van der Waals surface area contributed by atoms with E-state index < -0.39 is 6.58 Å². The third kappa shape index (κ3) is 0.954. The van der Waals surface area contributed by atoms with Gasteiger partial charge in [-0.15, -0.1) is 0 Å². The maximum atomic E-state index is 6.92. The fraction of sp³-hybridized carbons (Fsp3) is 1.00. The van der Waals surface area contributed by atoms with E-state index in [-0.39, 0.29) is 0 Å². The molecule has 6 heavy (non-hydrogen) atoms. The normalized spacial score (nSPS) is 38.7. The van der Waals surface area contributed by atoms with E-state index in [1.807, 2.05) is 0 Å². The van der Waals surface area contributed by atoms with Crippen LogP contribution in [-0.2, 0) is 9.78 Å². The van der Waals surface area contributed by atoms with E-state index in [1.165, 1.54) is 0 Å². The minimum atomic E-state index is -0.436. The van der Waals surface area contributed by atoms with Crippen molar-refractivity contribution >= 4 is 0 Å². The van der Waals surface area contributed by atoms with E-state index in [0.717, 1.165) is 12.8 Å². The Morgan fingerprint density at radius 1 is 1.33 bits per heavy atom. The van der Waals surface area contributed by atoms with Gasteiger partial charge >= 0.3 is 0 Å². The van der Waals surface area contributed by atoms with Crippen LogP contribution < -0.4 is 0 Å². The molecule has 2 nitrogen and oxygen atoms in total. The highest BCUT2D eigenvalue weighted by Crippen LogP contribution is 1.97. The molecule has 0 aromatic heterocycles. The van der Waals surface area contributed by atoms with E-state index in [2.05, 4.69) is 9.78 Å². The summed E-state index contributed by atoms with van der Waals surface area (Å²) < 4.78 is 6.92. The van der Waals surface area contributed by atoms with Crippen molar-refractivity contribution in [1.29, 1.82) is 0 Å². The summed E-state index contributed by atoms with van der Waals surface area (Å²) >= 11 is 0. The molecule has 0 amide bonds. The van der Waals surface area contributed by atoms with Gasteiger partial charge in [-0.1, -0.05) is 0 Å². The molecule has 1 aliphatic heterocycles. The second-order valence-electron chi connectivity index (χ2n) is 1.23. The van der Waals surface area contributed by atoms with Gasteiger partial charge in [0.05, 0.1) is 14.6 Å². The molecule has 1 rings (SSSR count). The van der Waals surface area contributed by atoms with Crippen LogP contribution in [0.25, 0.3) is 0 Å². The summed E-state index contributed by atoms with van der Waals surface area (Å²) in [5.41, 5.74) is 0. The zero-order valence-electron chi connectivity index (χ0n) is 4.52. The summed E-state index contributed by atoms with van der Waals surface area (Å²) in [6.07, 6.45) is 1.76. The van der Waals surface area contributed by atoms with Crippen LogP contribution in [-0.4, -0.2) is 13.2 Å². The average molecular weight is 89.1 g/mol. The molecule has 0 bridgehead atoms. The lowest BCUT2D eigenvalue weighted by Crippen LogP contribution is -2.05. The lowest BCUT2D eigenvalue weighted by molar-refractivity contribution is -0.312. The van der Waals surface area contributed by atoms with Crippen LogP contribution in [0.5, 0.6) is 0 Å². The van der Waals surface area contributed by atoms with Gasteiger partial charge < -0.3 is 0 Å². The second kappa shape index (κ2) is 2.16. The summed E-state index contributed by atoms with van der Waals surface area (Å²) in [5.74, 6) is 0. The van der Waals surface area contributed by atoms with Gasteiger partial charge in [0.1, 0.15) is 0 Å². The third-order valence-corrected chi connectivity index (χ3v) is 0.686. The Bertz CT molecular complexity index is 51.7. The molecule has 1 atom stereocenters. The molecule has 0 saturated carbocycles. The standard InChI is InChI=1S/C4H8O2/c1-2-4-6-5-3-1/h1-4H2/i3D. The first kappa shape index (κ1) is 2.99. The van der Waals surface area contributed by atoms with Gasteiger partial charge in [0.25, 0.3) is 0 Å². The summed E-state index contributed by atoms with van der Waals surface area (Å²) in [4.78, 5) is 8.94. The lowest BCUT2D eigenvalue weighted by atomic mass is 10.3. The maximum Gasteiger partial charge on any atom is 0.0823 e. The predicted octanol–water partition coefficient (Wildman–Crippen LogP) is 0.728. The predicted molar refractivity (Wildman–Crippen MR) is 21.1 cm³/mol. The van der Waals surface area contributed by atoms with E-state index in [9.17, 15) is 0 Å². The van der Waals surface area contributed by atoms with Gasteiger partial charge in [-0.25, -0.2) is 9.78 Å². The summed E-state index contributed by atoms with van der Waals surface area (Å²) in [7, 11) is 0. The molecule has 0 aromatic carbocycles. The van der Waals surface area contributed by atoms with Crippen LogP contribution in [0.1, 0.15) is 14.2 Å². The smallest absolute Gasteiger partial charge is 0.0823 e. The summed E-state index contributed by atoms with van der Waals surface area (Å²) in [6.45, 7) is 0.212. The lowest BCUT2D eigenvalue weighted by Gasteiger charge is -2.07. The van der Waals surface area contributed by atoms with Crippen LogP contribution in [0.2, 0.25) is 0 Å². The molecule has 1 aliphatic rings. The highest BCUT2D eigenvalue weighted by molar-refractivity contribution is 4.36. The van der Waals surface area contributed by atoms with Crippen molar-refractivity contribution in [1.82, 2.24) is 0 Å². The van der Waals surface area contributed by atoms with Gasteiger partial charge in [-0.05, 0) is 12.8 Å². The topological polar surface area (TPSA) is 18.5 Å². The molecule has 0 spiro atoms. The van der Waals surface area contributed by atoms with Gasteiger partial charge in [0.2, 0.25) is 0 Å². The largest absolute Gasteiger partial charge is 0.237 e. The van der Waals surface area contributed by atoms with Gasteiger partial charge in [0.15, 0.2) is 0 Å². The maximum absolute atomic E-state index is 6.92. The van der Waals surface area contributed by atoms with Crippen LogP contribution in [0.15, 0.2) is 0 Å². The molecule has 36 valence electrons. The van der Waals surface area contributed by atoms with Crippen molar-refractivity contribution in [3.63, 3.8) is 0 Å². The van der Waals surface area contributed by atoms with Crippen LogP contribution in [0, 0.1) is 0 Å². The Balaban J connectivity index is 2.12. The highest BCUT2D eigenvalue weighted by atomic mass is 17.2. The Morgan fingerprint density at radius 3 is 2.67 bits per heavy atom. The second-order valence-corrected chi connectivity index (χ2v) is 1.23. The Labute approximate surface area is 38.4 Å². The van der Waals surface area contributed by atoms with Crippen molar-refractivity contribution in [3.05, 3.63) is 0 Å². The average Bonchev–Trinajstić information content (AvgIpc) is 1.69. The fourth-order valence-corrected chi connectivity index (χ4v) is 0.370. The van der Waals surface area contributed by atoms with Crippen molar-refractivity contribution in [2.24, 2.45) is 0 Å². The van der Waals surface area contributed by atoms with E-state index >= 15 is 0 Å². The SMILES string of the molecule is [2H]C1CCCOO1. The van der Waals surface area contributed by atoms with Crippen LogP contribution >= 0.6 is 0 Å². The van der Waals surface area contributed by atoms with E-state index in [1.54, 1.807) is 0 Å². The molecule has 0 aliphatic carbocycles. The number of hydrogen-bond donors (Lipinski definition) is 0. The molecule has 1 heterocycles. The zero-order valence-corrected chi connectivity index (χ0v) is 3.52. The highest BCUT2D eigenvalue weighted by Gasteiger charge is 1.95. The first-order valence-electron chi connectivity index (χ1n) is 2.68. The number of hydrogen-bond acceptors (Lipinski definition) is 2. The van der Waals surface area contributed by atoms with E-state index in [0.29, 0.717) is 6.61 Å². The molecule has 2 heteroatoms. The number of rotatable bonds is 0. The van der Waals surface area contributed by atoms with Crippen molar-refractivity contribution < 1.29 is 11.1 Å². The molecular weight excluding hydrogens is 80.0 g/mol. The van der Waals surface area contributed by atoms with Crippen molar-refractivity contribution in [3.8, 4) is 0 Å². The molecule has 1 saturated heterocycles. The van der Waals surface area contributed by atoms with Gasteiger partial charge in [-0.3, -0.25) is 0 Å².